The molecular formula is C56H42N6Pd2. The Morgan fingerprint density at radius 3 is 1.08 bits per heavy atom. The van der Waals surface area contributed by atoms with Gasteiger partial charge in [-0.1, -0.05) is 183 Å². The maximum absolute atomic E-state index is 4.45. The average Bonchev–Trinajstić information content (AvgIpc) is 3.36. The second-order valence-electron chi connectivity index (χ2n) is 13.4. The molecule has 0 aliphatic heterocycles. The first kappa shape index (κ1) is 47.9. The summed E-state index contributed by atoms with van der Waals surface area (Å²) < 4.78 is 0. The van der Waals surface area contributed by atoms with Gasteiger partial charge in [-0.05, 0) is 67.8 Å². The fourth-order valence-electron chi connectivity index (χ4n) is 6.13. The molecular weight excluding hydrogens is 969 g/mol. The molecule has 0 atom stereocenters. The molecule has 0 saturated carbocycles. The van der Waals surface area contributed by atoms with Crippen LogP contribution >= 0.6 is 0 Å². The van der Waals surface area contributed by atoms with E-state index in [1.54, 1.807) is 12.7 Å². The van der Waals surface area contributed by atoms with Crippen LogP contribution in [-0.2, 0) is 40.8 Å². The Bertz CT molecular complexity index is 2670. The Hall–Kier alpha value is -7.16. The second-order valence-corrected chi connectivity index (χ2v) is 13.4. The number of aliphatic imine (C=N–C) groups is 2. The summed E-state index contributed by atoms with van der Waals surface area (Å²) >= 11 is 0. The molecule has 10 aromatic rings. The predicted octanol–water partition coefficient (Wildman–Crippen LogP) is 15.5. The number of pyridine rings is 2. The molecule has 0 radical (unpaired) electrons. The van der Waals surface area contributed by atoms with Crippen molar-refractivity contribution in [1.29, 1.82) is 0 Å². The smallest absolute Gasteiger partial charge is 0.443 e. The largest absolute Gasteiger partial charge is 2.00 e. The zero-order valence-electron chi connectivity index (χ0n) is 34.6. The van der Waals surface area contributed by atoms with Crippen LogP contribution in [0.4, 0.5) is 22.7 Å². The molecule has 0 unspecified atom stereocenters. The number of aromatic nitrogens is 2. The fraction of sp³-hybridized carbons (Fsp3) is 0. The minimum Gasteiger partial charge on any atom is -0.443 e. The molecule has 10 rings (SSSR count). The Kier molecular flexibility index (Phi) is 20.2. The quantitative estimate of drug-likeness (QED) is 0.0658. The number of benzene rings is 8. The monoisotopic (exact) mass is 1010 g/mol. The first-order chi connectivity index (χ1) is 30.8. The first-order valence-electron chi connectivity index (χ1n) is 20.1. The third-order valence-electron chi connectivity index (χ3n) is 9.13. The number of fused-ring (bicyclic) bond motifs is 2. The summed E-state index contributed by atoms with van der Waals surface area (Å²) in [5.41, 5.74) is 7.74. The molecule has 8 heteroatoms. The molecule has 2 heterocycles. The van der Waals surface area contributed by atoms with Crippen molar-refractivity contribution >= 4 is 57.0 Å². The normalized spacial score (nSPS) is 10.1. The zero-order valence-corrected chi connectivity index (χ0v) is 37.7. The maximum atomic E-state index is 4.45. The molecule has 0 spiro atoms. The molecule has 316 valence electrons. The Balaban J connectivity index is 0.000000159. The van der Waals surface area contributed by atoms with Crippen molar-refractivity contribution in [2.24, 2.45) is 9.98 Å². The van der Waals surface area contributed by atoms with E-state index < -0.39 is 0 Å². The average molecular weight is 1010 g/mol. The minimum atomic E-state index is 0. The predicted molar refractivity (Wildman–Crippen MR) is 260 cm³/mol. The molecule has 0 bridgehead atoms. The summed E-state index contributed by atoms with van der Waals surface area (Å²) in [7, 11) is 0. The topological polar surface area (TPSA) is 78.7 Å². The number of para-hydroxylation sites is 4. The van der Waals surface area contributed by atoms with Crippen LogP contribution in [0, 0.1) is 12.1 Å². The van der Waals surface area contributed by atoms with Gasteiger partial charge in [0.15, 0.2) is 0 Å². The van der Waals surface area contributed by atoms with Gasteiger partial charge in [0.25, 0.3) is 0 Å². The van der Waals surface area contributed by atoms with Crippen molar-refractivity contribution in [3.63, 3.8) is 0 Å². The van der Waals surface area contributed by atoms with Gasteiger partial charge in [-0.2, -0.15) is 0 Å². The third-order valence-corrected chi connectivity index (χ3v) is 9.13. The molecule has 8 aromatic carbocycles. The summed E-state index contributed by atoms with van der Waals surface area (Å²) in [5.74, 6) is 0. The first-order valence-corrected chi connectivity index (χ1v) is 20.1. The Morgan fingerprint density at radius 2 is 0.703 bits per heavy atom. The van der Waals surface area contributed by atoms with Crippen molar-refractivity contribution < 1.29 is 40.8 Å². The zero-order chi connectivity index (χ0) is 42.3. The standard InChI is InChI=1S/2C15H10N.2C13H11N2.2Pd/c2*1-2-7-13(8-3-1)15-14-9-5-4-6-12(14)10-11-16-15;2*1-3-7-12(8-4-1)14-11-15-13-9-5-2-6-10-13;;/h2*1-7,9-11H;2*1-11H;;/q4*-1;2*+2. The molecule has 0 aliphatic rings. The Morgan fingerprint density at radius 1 is 0.359 bits per heavy atom. The van der Waals surface area contributed by atoms with Crippen molar-refractivity contribution in [2.75, 3.05) is 0 Å². The summed E-state index contributed by atoms with van der Waals surface area (Å²) in [6.07, 6.45) is 6.84. The Labute approximate surface area is 403 Å². The van der Waals surface area contributed by atoms with Crippen LogP contribution in [-0.4, -0.2) is 22.6 Å². The molecule has 64 heavy (non-hydrogen) atoms. The van der Waals surface area contributed by atoms with E-state index in [4.69, 9.17) is 0 Å². The number of nitrogens with zero attached hydrogens (tertiary/aromatic N) is 6. The summed E-state index contributed by atoms with van der Waals surface area (Å²) in [5, 5.41) is 13.2. The molecule has 6 nitrogen and oxygen atoms in total. The number of hydrogen-bond donors (Lipinski definition) is 0. The molecule has 0 fully saturated rings. The van der Waals surface area contributed by atoms with Gasteiger partial charge in [-0.25, -0.2) is 0 Å². The fourth-order valence-corrected chi connectivity index (χ4v) is 6.13. The van der Waals surface area contributed by atoms with E-state index in [2.05, 4.69) is 67.0 Å². The van der Waals surface area contributed by atoms with Crippen molar-refractivity contribution in [2.45, 2.75) is 0 Å². The minimum absolute atomic E-state index is 0. The maximum Gasteiger partial charge on any atom is 2.00 e. The van der Waals surface area contributed by atoms with Crippen LogP contribution < -0.4 is 0 Å². The molecule has 0 aliphatic carbocycles. The van der Waals surface area contributed by atoms with Crippen LogP contribution in [0.2, 0.25) is 0 Å². The van der Waals surface area contributed by atoms with Crippen LogP contribution in [0.3, 0.4) is 0 Å². The molecule has 0 saturated heterocycles. The summed E-state index contributed by atoms with van der Waals surface area (Å²) in [6.45, 7) is 0. The number of rotatable bonds is 8. The van der Waals surface area contributed by atoms with Crippen LogP contribution in [0.15, 0.2) is 253 Å². The van der Waals surface area contributed by atoms with Crippen LogP contribution in [0.25, 0.3) is 54.7 Å². The van der Waals surface area contributed by atoms with Gasteiger partial charge in [0.2, 0.25) is 0 Å². The molecule has 2 aromatic heterocycles. The van der Waals surface area contributed by atoms with Gasteiger partial charge < -0.3 is 30.6 Å². The summed E-state index contributed by atoms with van der Waals surface area (Å²) in [4.78, 5) is 17.3. The van der Waals surface area contributed by atoms with Gasteiger partial charge in [-0.3, -0.25) is 0 Å². The van der Waals surface area contributed by atoms with Gasteiger partial charge in [0.05, 0.1) is 0 Å². The molecule has 0 amide bonds. The van der Waals surface area contributed by atoms with Crippen molar-refractivity contribution in [3.05, 3.63) is 266 Å². The van der Waals surface area contributed by atoms with E-state index in [1.807, 2.05) is 219 Å². The third kappa shape index (κ3) is 15.0. The van der Waals surface area contributed by atoms with E-state index in [1.165, 1.54) is 21.5 Å². The summed E-state index contributed by atoms with van der Waals surface area (Å²) in [6, 6.07) is 81.9. The van der Waals surface area contributed by atoms with Crippen molar-refractivity contribution in [3.8, 4) is 22.5 Å². The van der Waals surface area contributed by atoms with E-state index in [0.29, 0.717) is 0 Å². The van der Waals surface area contributed by atoms with E-state index >= 15 is 0 Å². The van der Waals surface area contributed by atoms with E-state index in [-0.39, 0.29) is 40.8 Å². The van der Waals surface area contributed by atoms with Gasteiger partial charge >= 0.3 is 40.8 Å². The van der Waals surface area contributed by atoms with Crippen LogP contribution in [0.5, 0.6) is 0 Å². The van der Waals surface area contributed by atoms with Gasteiger partial charge in [0, 0.05) is 12.4 Å². The second kappa shape index (κ2) is 27.0. The van der Waals surface area contributed by atoms with Gasteiger partial charge in [0.1, 0.15) is 0 Å². The van der Waals surface area contributed by atoms with Gasteiger partial charge in [-0.15, -0.1) is 71.8 Å². The van der Waals surface area contributed by atoms with Crippen molar-refractivity contribution in [1.82, 2.24) is 9.97 Å². The van der Waals surface area contributed by atoms with E-state index in [0.717, 1.165) is 45.3 Å². The van der Waals surface area contributed by atoms with Crippen LogP contribution in [0.1, 0.15) is 0 Å². The molecule has 0 N–H and O–H groups in total. The SMILES string of the molecule is C(=Nc1ccccc1)[N-]c1ccccc1.C(=Nc1ccccc1)[N-]c1ccccc1.[Pd+2].[Pd+2].[c-]1ccccc1-c1nccc2ccccc12.[c-]1ccccc1-c1nccc2ccccc12. The number of hydrogen-bond acceptors (Lipinski definition) is 4. The van der Waals surface area contributed by atoms with E-state index in [9.17, 15) is 0 Å².